The van der Waals surface area contributed by atoms with Crippen molar-refractivity contribution in [3.8, 4) is 0 Å². The lowest BCUT2D eigenvalue weighted by Gasteiger charge is -2.29. The van der Waals surface area contributed by atoms with Crippen LogP contribution in [-0.2, 0) is 31.1 Å². The Kier molecular flexibility index (Phi) is 5.21. The molecular formula is C26H25ClN4O4. The molecule has 35 heavy (non-hydrogen) atoms. The van der Waals surface area contributed by atoms with Crippen molar-refractivity contribution in [2.75, 3.05) is 25.6 Å². The van der Waals surface area contributed by atoms with Gasteiger partial charge < -0.3 is 15.0 Å². The minimum absolute atomic E-state index is 0.242. The molecule has 9 heteroatoms. The molecule has 8 nitrogen and oxygen atoms in total. The van der Waals surface area contributed by atoms with Gasteiger partial charge in [0, 0.05) is 49.0 Å². The number of fused-ring (bicyclic) bond motifs is 5. The maximum Gasteiger partial charge on any atom is 0.250 e. The highest BCUT2D eigenvalue weighted by Gasteiger charge is 2.70. The Labute approximate surface area is 207 Å². The molecule has 6 rings (SSSR count). The summed E-state index contributed by atoms with van der Waals surface area (Å²) in [7, 11) is 1.59. The van der Waals surface area contributed by atoms with Crippen LogP contribution in [-0.4, -0.2) is 53.9 Å². The van der Waals surface area contributed by atoms with Crippen LogP contribution in [0.1, 0.15) is 17.5 Å². The molecule has 0 bridgehead atoms. The van der Waals surface area contributed by atoms with Crippen molar-refractivity contribution >= 4 is 45.9 Å². The van der Waals surface area contributed by atoms with Gasteiger partial charge in [0.1, 0.15) is 5.54 Å². The number of aromatic amines is 1. The molecule has 2 fully saturated rings. The zero-order valence-electron chi connectivity index (χ0n) is 19.1. The normalized spacial score (nSPS) is 27.2. The number of imide groups is 1. The maximum atomic E-state index is 13.8. The molecule has 180 valence electrons. The molecule has 0 aliphatic carbocycles. The molecule has 4 heterocycles. The lowest BCUT2D eigenvalue weighted by molar-refractivity contribution is -0.143. The van der Waals surface area contributed by atoms with Gasteiger partial charge >= 0.3 is 0 Å². The number of benzene rings is 2. The zero-order valence-corrected chi connectivity index (χ0v) is 19.9. The number of para-hydroxylation sites is 2. The van der Waals surface area contributed by atoms with Gasteiger partial charge in [0.25, 0.3) is 0 Å². The second-order valence-corrected chi connectivity index (χ2v) is 9.82. The number of H-pyrrole nitrogens is 1. The standard InChI is InChI=1S/C26H25ClN4O4/c1-35-11-5-10-31-23(32)20-19(12-14-13-28-18-9-3-2-6-15(14)18)30-26(21(20)24(31)33)16-7-4-8-17(27)22(16)29-25(26)34/h2-4,6-9,13,19-21,28,30H,5,10-12H2,1H3,(H,29,34). The van der Waals surface area contributed by atoms with Crippen molar-refractivity contribution in [3.63, 3.8) is 0 Å². The highest BCUT2D eigenvalue weighted by Crippen LogP contribution is 2.54. The van der Waals surface area contributed by atoms with Crippen LogP contribution in [0, 0.1) is 11.8 Å². The molecule has 3 aliphatic rings. The van der Waals surface area contributed by atoms with E-state index in [-0.39, 0.29) is 24.3 Å². The van der Waals surface area contributed by atoms with E-state index in [1.165, 1.54) is 4.90 Å². The topological polar surface area (TPSA) is 104 Å². The largest absolute Gasteiger partial charge is 0.385 e. The average molecular weight is 493 g/mol. The van der Waals surface area contributed by atoms with Crippen LogP contribution in [0.4, 0.5) is 5.69 Å². The minimum atomic E-state index is -1.36. The first-order valence-corrected chi connectivity index (χ1v) is 12.1. The number of nitrogens with one attached hydrogen (secondary N) is 3. The number of carbonyl (C=O) groups excluding carboxylic acids is 3. The summed E-state index contributed by atoms with van der Waals surface area (Å²) >= 11 is 6.41. The van der Waals surface area contributed by atoms with E-state index in [0.717, 1.165) is 16.5 Å². The van der Waals surface area contributed by atoms with E-state index in [1.807, 2.05) is 36.5 Å². The van der Waals surface area contributed by atoms with Gasteiger partial charge in [-0.05, 0) is 30.5 Å². The van der Waals surface area contributed by atoms with Gasteiger partial charge in [0.2, 0.25) is 17.7 Å². The first-order chi connectivity index (χ1) is 17.0. The first-order valence-electron chi connectivity index (χ1n) is 11.7. The number of methoxy groups -OCH3 is 1. The van der Waals surface area contributed by atoms with Crippen molar-refractivity contribution in [1.82, 2.24) is 15.2 Å². The molecule has 3 N–H and O–H groups in total. The number of aromatic nitrogens is 1. The third-order valence-corrected chi connectivity index (χ3v) is 7.95. The van der Waals surface area contributed by atoms with E-state index < -0.39 is 23.4 Å². The van der Waals surface area contributed by atoms with E-state index >= 15 is 0 Å². The number of amides is 3. The van der Waals surface area contributed by atoms with Gasteiger partial charge in [-0.1, -0.05) is 41.9 Å². The molecule has 3 aliphatic heterocycles. The number of hydrogen-bond acceptors (Lipinski definition) is 5. The number of hydrogen-bond donors (Lipinski definition) is 3. The van der Waals surface area contributed by atoms with E-state index in [9.17, 15) is 14.4 Å². The molecule has 1 aromatic heterocycles. The van der Waals surface area contributed by atoms with E-state index in [1.54, 1.807) is 19.2 Å². The van der Waals surface area contributed by atoms with Crippen molar-refractivity contribution in [3.05, 3.63) is 64.8 Å². The molecule has 3 amide bonds. The number of halogens is 1. The summed E-state index contributed by atoms with van der Waals surface area (Å²) in [6, 6.07) is 12.8. The van der Waals surface area contributed by atoms with Crippen LogP contribution in [0.2, 0.25) is 5.02 Å². The molecule has 2 saturated heterocycles. The summed E-state index contributed by atoms with van der Waals surface area (Å²) in [5.41, 5.74) is 1.78. The molecule has 3 aromatic rings. The van der Waals surface area contributed by atoms with E-state index in [2.05, 4.69) is 15.6 Å². The number of likely N-dealkylation sites (tertiary alicyclic amines) is 1. The fourth-order valence-corrected chi connectivity index (χ4v) is 6.37. The predicted octanol–water partition coefficient (Wildman–Crippen LogP) is 2.82. The molecular weight excluding hydrogens is 468 g/mol. The Morgan fingerprint density at radius 1 is 1.09 bits per heavy atom. The minimum Gasteiger partial charge on any atom is -0.385 e. The molecule has 0 saturated carbocycles. The second kappa shape index (κ2) is 8.19. The Morgan fingerprint density at radius 3 is 2.74 bits per heavy atom. The van der Waals surface area contributed by atoms with Crippen molar-refractivity contribution < 1.29 is 19.1 Å². The average Bonchev–Trinajstić information content (AvgIpc) is 3.56. The predicted molar refractivity (Wildman–Crippen MR) is 131 cm³/mol. The molecule has 1 spiro atoms. The fourth-order valence-electron chi connectivity index (χ4n) is 6.15. The Balaban J connectivity index is 1.45. The van der Waals surface area contributed by atoms with Crippen molar-refractivity contribution in [2.45, 2.75) is 24.4 Å². The lowest BCUT2D eigenvalue weighted by Crippen LogP contribution is -2.53. The Hall–Kier alpha value is -3.20. The summed E-state index contributed by atoms with van der Waals surface area (Å²) in [5.74, 6) is -2.44. The van der Waals surface area contributed by atoms with E-state index in [0.29, 0.717) is 35.7 Å². The number of rotatable bonds is 6. The lowest BCUT2D eigenvalue weighted by atomic mass is 9.76. The second-order valence-electron chi connectivity index (χ2n) is 9.42. The third-order valence-electron chi connectivity index (χ3n) is 7.64. The summed E-state index contributed by atoms with van der Waals surface area (Å²) in [6.45, 7) is 0.700. The number of nitrogens with zero attached hydrogens (tertiary/aromatic N) is 1. The quantitative estimate of drug-likeness (QED) is 0.362. The molecule has 0 radical (unpaired) electrons. The summed E-state index contributed by atoms with van der Waals surface area (Å²) in [4.78, 5) is 45.6. The van der Waals surface area contributed by atoms with Gasteiger partial charge in [0.15, 0.2) is 0 Å². The Morgan fingerprint density at radius 2 is 1.91 bits per heavy atom. The fraction of sp³-hybridized carbons (Fsp3) is 0.346. The third kappa shape index (κ3) is 3.10. The number of anilines is 1. The summed E-state index contributed by atoms with van der Waals surface area (Å²) < 4.78 is 5.12. The highest BCUT2D eigenvalue weighted by molar-refractivity contribution is 6.35. The monoisotopic (exact) mass is 492 g/mol. The molecule has 4 atom stereocenters. The van der Waals surface area contributed by atoms with E-state index in [4.69, 9.17) is 16.3 Å². The SMILES string of the molecule is COCCCN1C(=O)C2C(Cc3c[nH]c4ccccc34)NC3(C(=O)Nc4c(Cl)cccc43)C2C1=O. The van der Waals surface area contributed by atoms with Gasteiger partial charge in [-0.3, -0.25) is 24.6 Å². The van der Waals surface area contributed by atoms with Crippen LogP contribution in [0.25, 0.3) is 10.9 Å². The van der Waals surface area contributed by atoms with Gasteiger partial charge in [-0.2, -0.15) is 0 Å². The van der Waals surface area contributed by atoms with Crippen LogP contribution in [0.3, 0.4) is 0 Å². The van der Waals surface area contributed by atoms with Crippen LogP contribution in [0.5, 0.6) is 0 Å². The van der Waals surface area contributed by atoms with Crippen LogP contribution in [0.15, 0.2) is 48.7 Å². The van der Waals surface area contributed by atoms with Crippen LogP contribution < -0.4 is 10.6 Å². The number of carbonyl (C=O) groups is 3. The molecule has 4 unspecified atom stereocenters. The van der Waals surface area contributed by atoms with Crippen LogP contribution >= 0.6 is 11.6 Å². The van der Waals surface area contributed by atoms with Gasteiger partial charge in [-0.15, -0.1) is 0 Å². The number of ether oxygens (including phenoxy) is 1. The summed E-state index contributed by atoms with van der Waals surface area (Å²) in [6.07, 6.45) is 2.96. The molecule has 2 aromatic carbocycles. The first kappa shape index (κ1) is 22.3. The Bertz CT molecular complexity index is 1370. The van der Waals surface area contributed by atoms with Crippen molar-refractivity contribution in [1.29, 1.82) is 0 Å². The highest BCUT2D eigenvalue weighted by atomic mass is 35.5. The maximum absolute atomic E-state index is 13.8. The van der Waals surface area contributed by atoms with Crippen molar-refractivity contribution in [2.24, 2.45) is 11.8 Å². The summed E-state index contributed by atoms with van der Waals surface area (Å²) in [5, 5.41) is 7.81. The van der Waals surface area contributed by atoms with Gasteiger partial charge in [-0.25, -0.2) is 0 Å². The van der Waals surface area contributed by atoms with Gasteiger partial charge in [0.05, 0.1) is 22.5 Å². The zero-order chi connectivity index (χ0) is 24.3. The smallest absolute Gasteiger partial charge is 0.250 e.